The first-order valence-corrected chi connectivity index (χ1v) is 7.45. The fourth-order valence-corrected chi connectivity index (χ4v) is 2.67. The van der Waals surface area contributed by atoms with Gasteiger partial charge in [-0.05, 0) is 55.5 Å². The van der Waals surface area contributed by atoms with Gasteiger partial charge in [0.05, 0.1) is 12.2 Å². The van der Waals surface area contributed by atoms with Crippen LogP contribution < -0.4 is 11.1 Å². The molecule has 110 valence electrons. The number of nitrogens with two attached hydrogens (primary N) is 1. The third kappa shape index (κ3) is 3.24. The maximum Gasteiger partial charge on any atom is 0.193 e. The van der Waals surface area contributed by atoms with Crippen LogP contribution in [-0.4, -0.2) is 15.7 Å². The Labute approximate surface area is 124 Å². The van der Waals surface area contributed by atoms with Gasteiger partial charge in [-0.1, -0.05) is 6.07 Å². The van der Waals surface area contributed by atoms with Gasteiger partial charge >= 0.3 is 0 Å². The van der Waals surface area contributed by atoms with Gasteiger partial charge in [0, 0.05) is 18.4 Å². The van der Waals surface area contributed by atoms with Crippen LogP contribution in [0, 0.1) is 0 Å². The SMILES string of the molecule is CCn1ccc(CN=C(N)Nc2ccc3c(c2)CCC3)n1. The van der Waals surface area contributed by atoms with Gasteiger partial charge in [0.1, 0.15) is 0 Å². The molecule has 0 bridgehead atoms. The fraction of sp³-hybridized carbons (Fsp3) is 0.375. The molecule has 0 spiro atoms. The lowest BCUT2D eigenvalue weighted by atomic mass is 10.1. The molecule has 1 aromatic carbocycles. The van der Waals surface area contributed by atoms with E-state index in [2.05, 4.69) is 40.5 Å². The zero-order valence-electron chi connectivity index (χ0n) is 12.3. The predicted octanol–water partition coefficient (Wildman–Crippen LogP) is 2.32. The van der Waals surface area contributed by atoms with E-state index in [4.69, 9.17) is 5.73 Å². The number of hydrogen-bond donors (Lipinski definition) is 2. The second-order valence-corrected chi connectivity index (χ2v) is 5.33. The number of fused-ring (bicyclic) bond motifs is 1. The number of rotatable bonds is 4. The molecular weight excluding hydrogens is 262 g/mol. The second-order valence-electron chi connectivity index (χ2n) is 5.33. The summed E-state index contributed by atoms with van der Waals surface area (Å²) >= 11 is 0. The molecule has 1 heterocycles. The Kier molecular flexibility index (Phi) is 3.90. The standard InChI is InChI=1S/C16H21N5/c1-2-21-9-8-15(20-21)11-18-16(17)19-14-7-6-12-4-3-5-13(12)10-14/h6-10H,2-5,11H2,1H3,(H3,17,18,19). The van der Waals surface area contributed by atoms with E-state index in [0.29, 0.717) is 12.5 Å². The van der Waals surface area contributed by atoms with Crippen molar-refractivity contribution in [1.82, 2.24) is 9.78 Å². The highest BCUT2D eigenvalue weighted by atomic mass is 15.3. The highest BCUT2D eigenvalue weighted by Gasteiger charge is 2.10. The molecule has 21 heavy (non-hydrogen) atoms. The molecule has 0 radical (unpaired) electrons. The van der Waals surface area contributed by atoms with Gasteiger partial charge < -0.3 is 11.1 Å². The van der Waals surface area contributed by atoms with Crippen LogP contribution in [0.15, 0.2) is 35.5 Å². The number of anilines is 1. The molecule has 3 rings (SSSR count). The summed E-state index contributed by atoms with van der Waals surface area (Å²) < 4.78 is 1.88. The highest BCUT2D eigenvalue weighted by molar-refractivity contribution is 5.92. The Balaban J connectivity index is 1.62. The van der Waals surface area contributed by atoms with Crippen molar-refractivity contribution >= 4 is 11.6 Å². The zero-order chi connectivity index (χ0) is 14.7. The molecule has 0 fully saturated rings. The quantitative estimate of drug-likeness (QED) is 0.668. The molecule has 1 aliphatic rings. The van der Waals surface area contributed by atoms with Crippen LogP contribution in [0.3, 0.4) is 0 Å². The van der Waals surface area contributed by atoms with Crippen molar-refractivity contribution in [2.45, 2.75) is 39.3 Å². The third-order valence-electron chi connectivity index (χ3n) is 3.80. The lowest BCUT2D eigenvalue weighted by Gasteiger charge is -2.07. The van der Waals surface area contributed by atoms with Crippen molar-refractivity contribution in [3.63, 3.8) is 0 Å². The first-order chi connectivity index (χ1) is 10.2. The number of nitrogens with one attached hydrogen (secondary N) is 1. The van der Waals surface area contributed by atoms with Gasteiger partial charge in [-0.15, -0.1) is 0 Å². The summed E-state index contributed by atoms with van der Waals surface area (Å²) in [6.45, 7) is 3.42. The molecular formula is C16H21N5. The Morgan fingerprint density at radius 1 is 1.33 bits per heavy atom. The van der Waals surface area contributed by atoms with E-state index in [0.717, 1.165) is 24.3 Å². The summed E-state index contributed by atoms with van der Waals surface area (Å²) in [7, 11) is 0. The van der Waals surface area contributed by atoms with Gasteiger partial charge in [0.15, 0.2) is 5.96 Å². The van der Waals surface area contributed by atoms with Gasteiger partial charge in [-0.25, -0.2) is 4.99 Å². The minimum absolute atomic E-state index is 0.430. The number of benzene rings is 1. The average molecular weight is 283 g/mol. The molecule has 0 saturated carbocycles. The van der Waals surface area contributed by atoms with Crippen molar-refractivity contribution in [3.05, 3.63) is 47.3 Å². The molecule has 0 amide bonds. The van der Waals surface area contributed by atoms with E-state index >= 15 is 0 Å². The molecule has 5 heteroatoms. The zero-order valence-corrected chi connectivity index (χ0v) is 12.3. The summed E-state index contributed by atoms with van der Waals surface area (Å²) in [4.78, 5) is 4.34. The molecule has 1 aromatic heterocycles. The van der Waals surface area contributed by atoms with Crippen molar-refractivity contribution in [1.29, 1.82) is 0 Å². The summed E-state index contributed by atoms with van der Waals surface area (Å²) in [5, 5.41) is 7.54. The number of nitrogens with zero attached hydrogens (tertiary/aromatic N) is 3. The van der Waals surface area contributed by atoms with Crippen molar-refractivity contribution in [3.8, 4) is 0 Å². The second kappa shape index (κ2) is 5.99. The van der Waals surface area contributed by atoms with Crippen molar-refractivity contribution < 1.29 is 0 Å². The minimum atomic E-state index is 0.430. The van der Waals surface area contributed by atoms with E-state index in [1.54, 1.807) is 0 Å². The number of aryl methyl sites for hydroxylation is 3. The van der Waals surface area contributed by atoms with Crippen LogP contribution >= 0.6 is 0 Å². The Bertz CT molecular complexity index is 656. The van der Waals surface area contributed by atoms with E-state index in [-0.39, 0.29) is 0 Å². The van der Waals surface area contributed by atoms with Crippen LogP contribution in [0.2, 0.25) is 0 Å². The molecule has 0 unspecified atom stereocenters. The molecule has 0 saturated heterocycles. The fourth-order valence-electron chi connectivity index (χ4n) is 2.67. The van der Waals surface area contributed by atoms with Crippen molar-refractivity contribution in [2.75, 3.05) is 5.32 Å². The molecule has 1 aliphatic carbocycles. The number of guanidine groups is 1. The van der Waals surface area contributed by atoms with Crippen LogP contribution in [-0.2, 0) is 25.9 Å². The maximum absolute atomic E-state index is 5.94. The van der Waals surface area contributed by atoms with E-state index in [9.17, 15) is 0 Å². The largest absolute Gasteiger partial charge is 0.370 e. The van der Waals surface area contributed by atoms with Gasteiger partial charge in [0.2, 0.25) is 0 Å². The Morgan fingerprint density at radius 2 is 2.19 bits per heavy atom. The smallest absolute Gasteiger partial charge is 0.193 e. The first-order valence-electron chi connectivity index (χ1n) is 7.45. The number of aliphatic imine (C=N–C) groups is 1. The van der Waals surface area contributed by atoms with Crippen LogP contribution in [0.1, 0.15) is 30.2 Å². The van der Waals surface area contributed by atoms with Gasteiger partial charge in [-0.3, -0.25) is 4.68 Å². The molecule has 2 aromatic rings. The minimum Gasteiger partial charge on any atom is -0.370 e. The normalized spacial score (nSPS) is 14.2. The lowest BCUT2D eigenvalue weighted by Crippen LogP contribution is -2.22. The molecule has 0 atom stereocenters. The highest BCUT2D eigenvalue weighted by Crippen LogP contribution is 2.24. The summed E-state index contributed by atoms with van der Waals surface area (Å²) in [5.74, 6) is 0.430. The van der Waals surface area contributed by atoms with Crippen molar-refractivity contribution in [2.24, 2.45) is 10.7 Å². The molecule has 5 nitrogen and oxygen atoms in total. The summed E-state index contributed by atoms with van der Waals surface area (Å²) in [6.07, 6.45) is 5.56. The van der Waals surface area contributed by atoms with Crippen LogP contribution in [0.4, 0.5) is 5.69 Å². The average Bonchev–Trinajstić information content (AvgIpc) is 3.13. The van der Waals surface area contributed by atoms with Gasteiger partial charge in [0.25, 0.3) is 0 Å². The lowest BCUT2D eigenvalue weighted by molar-refractivity contribution is 0.647. The number of aromatic nitrogens is 2. The molecule has 3 N–H and O–H groups in total. The van der Waals surface area contributed by atoms with Crippen LogP contribution in [0.5, 0.6) is 0 Å². The first kappa shape index (κ1) is 13.7. The van der Waals surface area contributed by atoms with E-state index in [1.165, 1.54) is 24.0 Å². The topological polar surface area (TPSA) is 68.2 Å². The monoisotopic (exact) mass is 283 g/mol. The Hall–Kier alpha value is -2.30. The Morgan fingerprint density at radius 3 is 3.00 bits per heavy atom. The van der Waals surface area contributed by atoms with E-state index in [1.807, 2.05) is 16.9 Å². The maximum atomic E-state index is 5.94. The van der Waals surface area contributed by atoms with E-state index < -0.39 is 0 Å². The van der Waals surface area contributed by atoms with Crippen LogP contribution in [0.25, 0.3) is 0 Å². The third-order valence-corrected chi connectivity index (χ3v) is 3.80. The summed E-state index contributed by atoms with van der Waals surface area (Å²) in [6, 6.07) is 8.39. The predicted molar refractivity (Wildman–Crippen MR) is 85.3 cm³/mol. The van der Waals surface area contributed by atoms with Gasteiger partial charge in [-0.2, -0.15) is 5.10 Å². The summed E-state index contributed by atoms with van der Waals surface area (Å²) in [5.41, 5.74) is 10.8. The number of hydrogen-bond acceptors (Lipinski definition) is 2. The molecule has 0 aliphatic heterocycles.